The summed E-state index contributed by atoms with van der Waals surface area (Å²) in [6.07, 6.45) is 5.35. The number of guanidine groups is 1. The third-order valence-corrected chi connectivity index (χ3v) is 5.04. The van der Waals surface area contributed by atoms with E-state index in [-0.39, 0.29) is 35.9 Å². The number of ether oxygens (including phenoxy) is 1. The second kappa shape index (κ2) is 10.7. The number of rotatable bonds is 6. The predicted molar refractivity (Wildman–Crippen MR) is 119 cm³/mol. The van der Waals surface area contributed by atoms with Gasteiger partial charge in [0.05, 0.1) is 12.6 Å². The molecule has 2 fully saturated rings. The van der Waals surface area contributed by atoms with Crippen LogP contribution in [0, 0.1) is 0 Å². The summed E-state index contributed by atoms with van der Waals surface area (Å²) in [5.74, 6) is 1.95. The summed E-state index contributed by atoms with van der Waals surface area (Å²) in [4.78, 5) is 18.2. The molecule has 3 rings (SSSR count). The Bertz CT molecular complexity index is 649. The Labute approximate surface area is 179 Å². The van der Waals surface area contributed by atoms with Gasteiger partial charge in [-0.25, -0.2) is 4.99 Å². The highest BCUT2D eigenvalue weighted by molar-refractivity contribution is 14.0. The maximum atomic E-state index is 11.7. The van der Waals surface area contributed by atoms with Crippen molar-refractivity contribution in [3.63, 3.8) is 0 Å². The van der Waals surface area contributed by atoms with Crippen molar-refractivity contribution in [1.29, 1.82) is 0 Å². The maximum absolute atomic E-state index is 11.7. The smallest absolute Gasteiger partial charge is 0.222 e. The van der Waals surface area contributed by atoms with E-state index in [1.807, 2.05) is 25.2 Å². The minimum atomic E-state index is 0. The summed E-state index contributed by atoms with van der Waals surface area (Å²) in [7, 11) is 1.86. The van der Waals surface area contributed by atoms with Gasteiger partial charge in [0, 0.05) is 38.2 Å². The fourth-order valence-electron chi connectivity index (χ4n) is 3.23. The van der Waals surface area contributed by atoms with E-state index in [4.69, 9.17) is 9.73 Å². The molecule has 27 heavy (non-hydrogen) atoms. The monoisotopic (exact) mass is 486 g/mol. The largest absolute Gasteiger partial charge is 0.490 e. The van der Waals surface area contributed by atoms with E-state index < -0.39 is 0 Å². The number of amides is 1. The molecule has 1 aromatic rings. The lowest BCUT2D eigenvalue weighted by molar-refractivity contribution is -0.132. The minimum absolute atomic E-state index is 0. The number of aliphatic imine (C=N–C) groups is 1. The van der Waals surface area contributed by atoms with Crippen molar-refractivity contribution >= 4 is 35.8 Å². The van der Waals surface area contributed by atoms with E-state index in [0.29, 0.717) is 25.6 Å². The lowest BCUT2D eigenvalue weighted by Crippen LogP contribution is -2.51. The van der Waals surface area contributed by atoms with Crippen LogP contribution in [0.25, 0.3) is 0 Å². The van der Waals surface area contributed by atoms with Crippen LogP contribution in [0.3, 0.4) is 0 Å². The molecule has 1 atom stereocenters. The van der Waals surface area contributed by atoms with Gasteiger partial charge in [-0.1, -0.05) is 18.2 Å². The number of nitrogens with zero attached hydrogens (tertiary/aromatic N) is 2. The summed E-state index contributed by atoms with van der Waals surface area (Å²) in [6, 6.07) is 8.39. The van der Waals surface area contributed by atoms with Crippen LogP contribution in [-0.4, -0.2) is 49.0 Å². The first kappa shape index (κ1) is 21.8. The summed E-state index contributed by atoms with van der Waals surface area (Å²) in [6.45, 7) is 4.14. The van der Waals surface area contributed by atoms with Crippen molar-refractivity contribution in [3.8, 4) is 5.75 Å². The molecule has 0 bridgehead atoms. The van der Waals surface area contributed by atoms with Crippen LogP contribution >= 0.6 is 24.0 Å². The Kier molecular flexibility index (Phi) is 8.66. The van der Waals surface area contributed by atoms with Crippen molar-refractivity contribution < 1.29 is 9.53 Å². The van der Waals surface area contributed by atoms with Crippen LogP contribution in [0.4, 0.5) is 0 Å². The molecular weight excluding hydrogens is 455 g/mol. The number of halogens is 1. The van der Waals surface area contributed by atoms with E-state index in [9.17, 15) is 4.79 Å². The highest BCUT2D eigenvalue weighted by atomic mass is 127. The first-order valence-corrected chi connectivity index (χ1v) is 9.69. The van der Waals surface area contributed by atoms with Gasteiger partial charge in [-0.2, -0.15) is 0 Å². The van der Waals surface area contributed by atoms with Gasteiger partial charge in [-0.15, -0.1) is 24.0 Å². The van der Waals surface area contributed by atoms with Crippen LogP contribution < -0.4 is 15.4 Å². The molecule has 7 heteroatoms. The lowest BCUT2D eigenvalue weighted by atomic mass is 9.96. The first-order chi connectivity index (χ1) is 12.7. The third-order valence-electron chi connectivity index (χ3n) is 5.04. The Hall–Kier alpha value is -1.51. The zero-order valence-corrected chi connectivity index (χ0v) is 18.6. The van der Waals surface area contributed by atoms with Gasteiger partial charge in [-0.3, -0.25) is 4.79 Å². The number of hydrogen-bond acceptors (Lipinski definition) is 3. The SMILES string of the molecule is CCNC(=NCc1ccccc1OC1CCC1)NC1CCC(=O)N(C)C1.I. The highest BCUT2D eigenvalue weighted by Crippen LogP contribution is 2.27. The van der Waals surface area contributed by atoms with Gasteiger partial charge in [-0.05, 0) is 38.7 Å². The number of carbonyl (C=O) groups is 1. The van der Waals surface area contributed by atoms with Crippen LogP contribution in [-0.2, 0) is 11.3 Å². The van der Waals surface area contributed by atoms with Gasteiger partial charge < -0.3 is 20.3 Å². The zero-order valence-electron chi connectivity index (χ0n) is 16.2. The van der Waals surface area contributed by atoms with E-state index >= 15 is 0 Å². The quantitative estimate of drug-likeness (QED) is 0.369. The molecule has 1 aromatic carbocycles. The zero-order chi connectivity index (χ0) is 18.4. The van der Waals surface area contributed by atoms with Crippen molar-refractivity contribution in [2.45, 2.75) is 57.7 Å². The van der Waals surface area contributed by atoms with E-state index in [1.165, 1.54) is 6.42 Å². The molecule has 1 saturated carbocycles. The van der Waals surface area contributed by atoms with Gasteiger partial charge in [0.2, 0.25) is 5.91 Å². The number of nitrogens with one attached hydrogen (secondary N) is 2. The van der Waals surface area contributed by atoms with Crippen LogP contribution in [0.15, 0.2) is 29.3 Å². The molecule has 1 aliphatic heterocycles. The molecule has 6 nitrogen and oxygen atoms in total. The number of para-hydroxylation sites is 1. The van der Waals surface area contributed by atoms with Gasteiger partial charge in [0.1, 0.15) is 5.75 Å². The second-order valence-corrected chi connectivity index (χ2v) is 7.13. The molecule has 150 valence electrons. The van der Waals surface area contributed by atoms with E-state index in [2.05, 4.69) is 23.6 Å². The van der Waals surface area contributed by atoms with Crippen molar-refractivity contribution in [2.75, 3.05) is 20.1 Å². The second-order valence-electron chi connectivity index (χ2n) is 7.13. The lowest BCUT2D eigenvalue weighted by Gasteiger charge is -2.31. The summed E-state index contributed by atoms with van der Waals surface area (Å²) < 4.78 is 6.10. The topological polar surface area (TPSA) is 66.0 Å². The number of benzene rings is 1. The van der Waals surface area contributed by atoms with Crippen molar-refractivity contribution in [1.82, 2.24) is 15.5 Å². The van der Waals surface area contributed by atoms with Gasteiger partial charge in [0.15, 0.2) is 5.96 Å². The van der Waals surface area contributed by atoms with Crippen molar-refractivity contribution in [3.05, 3.63) is 29.8 Å². The van der Waals surface area contributed by atoms with Crippen LogP contribution in [0.2, 0.25) is 0 Å². The molecule has 0 spiro atoms. The normalized spacial score (nSPS) is 20.5. The standard InChI is InChI=1S/C20H30N4O2.HI/c1-3-21-20(23-16-11-12-19(25)24(2)14-16)22-13-15-7-4-5-10-18(15)26-17-8-6-9-17;/h4-5,7,10,16-17H,3,6,8-9,11-14H2,1-2H3,(H2,21,22,23);1H. The molecule has 2 aliphatic rings. The molecule has 1 heterocycles. The average Bonchev–Trinajstić information content (AvgIpc) is 2.60. The van der Waals surface area contributed by atoms with Crippen LogP contribution in [0.1, 0.15) is 44.6 Å². The summed E-state index contributed by atoms with van der Waals surface area (Å²) >= 11 is 0. The summed E-state index contributed by atoms with van der Waals surface area (Å²) in [5.41, 5.74) is 1.10. The number of likely N-dealkylation sites (tertiary alicyclic amines) is 1. The number of carbonyl (C=O) groups excluding carboxylic acids is 1. The van der Waals surface area contributed by atoms with Gasteiger partial charge >= 0.3 is 0 Å². The number of hydrogen-bond donors (Lipinski definition) is 2. The van der Waals surface area contributed by atoms with Gasteiger partial charge in [0.25, 0.3) is 0 Å². The predicted octanol–water partition coefficient (Wildman–Crippen LogP) is 2.91. The Balaban J connectivity index is 0.00000261. The fraction of sp³-hybridized carbons (Fsp3) is 0.600. The summed E-state index contributed by atoms with van der Waals surface area (Å²) in [5, 5.41) is 6.77. The fourth-order valence-corrected chi connectivity index (χ4v) is 3.23. The van der Waals surface area contributed by atoms with Crippen LogP contribution in [0.5, 0.6) is 5.75 Å². The minimum Gasteiger partial charge on any atom is -0.490 e. The Morgan fingerprint density at radius 3 is 2.74 bits per heavy atom. The molecule has 2 N–H and O–H groups in total. The average molecular weight is 486 g/mol. The van der Waals surface area contributed by atoms with Crippen molar-refractivity contribution in [2.24, 2.45) is 4.99 Å². The first-order valence-electron chi connectivity index (χ1n) is 9.69. The molecule has 0 radical (unpaired) electrons. The molecular formula is C20H31IN4O2. The maximum Gasteiger partial charge on any atom is 0.222 e. The number of likely N-dealkylation sites (N-methyl/N-ethyl adjacent to an activating group) is 1. The number of piperidine rings is 1. The molecule has 1 saturated heterocycles. The third kappa shape index (κ3) is 6.26. The molecule has 0 aromatic heterocycles. The Morgan fingerprint density at radius 1 is 1.30 bits per heavy atom. The molecule has 1 amide bonds. The molecule has 1 aliphatic carbocycles. The Morgan fingerprint density at radius 2 is 2.07 bits per heavy atom. The van der Waals surface area contributed by atoms with E-state index in [1.54, 1.807) is 4.90 Å². The highest BCUT2D eigenvalue weighted by Gasteiger charge is 2.23. The van der Waals surface area contributed by atoms with E-state index in [0.717, 1.165) is 43.1 Å². The molecule has 1 unspecified atom stereocenters.